The van der Waals surface area contributed by atoms with Gasteiger partial charge < -0.3 is 42.1 Å². The van der Waals surface area contributed by atoms with Crippen LogP contribution in [0.1, 0.15) is 123 Å². The van der Waals surface area contributed by atoms with Crippen LogP contribution in [-0.2, 0) is 0 Å². The van der Waals surface area contributed by atoms with Crippen molar-refractivity contribution in [2.45, 2.75) is 103 Å². The summed E-state index contributed by atoms with van der Waals surface area (Å²) in [5.74, 6) is -1.10. The Labute approximate surface area is 332 Å². The number of rotatable bonds is 35. The molecule has 0 radical (unpaired) electrons. The monoisotopic (exact) mass is 779 g/mol. The molecule has 0 spiro atoms. The van der Waals surface area contributed by atoms with Gasteiger partial charge in [0.2, 0.25) is 0 Å². The number of phenolic OH excluding ortho intramolecular Hbond substituents is 2. The number of azide groups is 2. The van der Waals surface area contributed by atoms with Crippen LogP contribution in [0, 0.1) is 0 Å². The first-order valence-electron chi connectivity index (χ1n) is 20.6. The summed E-state index contributed by atoms with van der Waals surface area (Å²) in [6.07, 6.45) is 19.0. The van der Waals surface area contributed by atoms with E-state index >= 15 is 0 Å². The van der Waals surface area contributed by atoms with Crippen molar-refractivity contribution in [2.24, 2.45) is 10.2 Å². The molecule has 0 unspecified atom stereocenters. The number of hydrogen-bond acceptors (Lipinski definition) is 10. The molecule has 0 saturated carbocycles. The lowest BCUT2D eigenvalue weighted by molar-refractivity contribution is 0.0942. The Morgan fingerprint density at radius 1 is 0.446 bits per heavy atom. The summed E-state index contributed by atoms with van der Waals surface area (Å²) in [6.45, 7) is 9.05. The van der Waals surface area contributed by atoms with E-state index in [1.807, 2.05) is 0 Å². The van der Waals surface area contributed by atoms with Gasteiger partial charge in [0, 0.05) is 34.3 Å². The molecule has 0 bridgehead atoms. The first-order valence-corrected chi connectivity index (χ1v) is 20.6. The summed E-state index contributed by atoms with van der Waals surface area (Å²) in [7, 11) is 0. The Hall–Kier alpha value is -4.56. The normalized spacial score (nSPS) is 10.8. The number of nitrogens with zero attached hydrogens (tertiary/aromatic N) is 6. The number of aromatic hydroxyl groups is 2. The van der Waals surface area contributed by atoms with E-state index in [0.29, 0.717) is 13.1 Å². The number of phenols is 2. The third kappa shape index (κ3) is 23.4. The minimum Gasteiger partial charge on any atom is -0.507 e. The minimum absolute atomic E-state index is 0.165. The smallest absolute Gasteiger partial charge is 0.255 e. The first-order chi connectivity index (χ1) is 27.5. The average molecular weight is 779 g/mol. The summed E-state index contributed by atoms with van der Waals surface area (Å²) in [4.78, 5) is 29.8. The molecule has 0 saturated heterocycles. The third-order valence-electron chi connectivity index (χ3n) is 9.28. The van der Waals surface area contributed by atoms with Gasteiger partial charge in [-0.15, -0.1) is 0 Å². The van der Waals surface area contributed by atoms with E-state index in [2.05, 4.69) is 52.0 Å². The molecule has 0 aliphatic carbocycles. The van der Waals surface area contributed by atoms with Crippen LogP contribution in [0.3, 0.4) is 0 Å². The zero-order valence-electron chi connectivity index (χ0n) is 33.2. The Kier molecular flexibility index (Phi) is 27.8. The van der Waals surface area contributed by atoms with Crippen molar-refractivity contribution in [1.82, 2.24) is 31.9 Å². The van der Waals surface area contributed by atoms with Crippen LogP contribution >= 0.6 is 0 Å². The lowest BCUT2D eigenvalue weighted by Crippen LogP contribution is -2.27. The Bertz CT molecular complexity index is 1370. The molecule has 16 heteroatoms. The number of nitrogens with one attached hydrogen (secondary N) is 6. The van der Waals surface area contributed by atoms with Crippen LogP contribution in [0.15, 0.2) is 46.6 Å². The van der Waals surface area contributed by atoms with Crippen LogP contribution in [0.5, 0.6) is 11.5 Å². The van der Waals surface area contributed by atoms with Crippen LogP contribution in [0.4, 0.5) is 11.4 Å². The fourth-order valence-corrected chi connectivity index (χ4v) is 6.09. The SMILES string of the molecule is [N-]=[N+]=Nc1ccc(C(=O)NCCCNCCCCCCNCCCCCCCCNCCCCCCNCCCNC(=O)c2ccc(N=[N+]=[N-])cc2O)c(O)c1. The second-order valence-corrected chi connectivity index (χ2v) is 14.0. The summed E-state index contributed by atoms with van der Waals surface area (Å²) in [6, 6.07) is 8.45. The van der Waals surface area contributed by atoms with Gasteiger partial charge in [-0.2, -0.15) is 0 Å². The minimum atomic E-state index is -0.346. The van der Waals surface area contributed by atoms with E-state index in [4.69, 9.17) is 11.1 Å². The van der Waals surface area contributed by atoms with Crippen molar-refractivity contribution in [1.29, 1.82) is 0 Å². The maximum absolute atomic E-state index is 12.2. The van der Waals surface area contributed by atoms with Crippen LogP contribution in [0.2, 0.25) is 0 Å². The van der Waals surface area contributed by atoms with Gasteiger partial charge in [-0.25, -0.2) is 0 Å². The van der Waals surface area contributed by atoms with Gasteiger partial charge in [-0.3, -0.25) is 9.59 Å². The van der Waals surface area contributed by atoms with Crippen molar-refractivity contribution in [3.8, 4) is 11.5 Å². The lowest BCUT2D eigenvalue weighted by atomic mass is 10.1. The maximum Gasteiger partial charge on any atom is 0.255 e. The summed E-state index contributed by atoms with van der Waals surface area (Å²) < 4.78 is 0. The second-order valence-electron chi connectivity index (χ2n) is 14.0. The highest BCUT2D eigenvalue weighted by atomic mass is 16.3. The molecule has 0 heterocycles. The molecular formula is C40H66N12O4. The van der Waals surface area contributed by atoms with Crippen LogP contribution in [0.25, 0.3) is 20.9 Å². The lowest BCUT2D eigenvalue weighted by Gasteiger charge is -2.08. The molecule has 56 heavy (non-hydrogen) atoms. The highest BCUT2D eigenvalue weighted by molar-refractivity contribution is 5.97. The molecule has 2 rings (SSSR count). The number of benzene rings is 2. The third-order valence-corrected chi connectivity index (χ3v) is 9.28. The van der Waals surface area contributed by atoms with Gasteiger partial charge in [-0.05, 0) is 139 Å². The number of carbonyl (C=O) groups is 2. The molecule has 16 nitrogen and oxygen atoms in total. The number of carbonyl (C=O) groups excluding carboxylic acids is 2. The van der Waals surface area contributed by atoms with Crippen molar-refractivity contribution in [3.63, 3.8) is 0 Å². The topological polar surface area (TPSA) is 244 Å². The van der Waals surface area contributed by atoms with E-state index in [1.165, 1.54) is 113 Å². The molecule has 0 fully saturated rings. The molecule has 0 atom stereocenters. The highest BCUT2D eigenvalue weighted by Crippen LogP contribution is 2.25. The molecule has 310 valence electrons. The van der Waals surface area contributed by atoms with E-state index in [9.17, 15) is 19.8 Å². The molecule has 8 N–H and O–H groups in total. The van der Waals surface area contributed by atoms with E-state index in [0.717, 1.165) is 78.0 Å². The molecule has 2 aromatic carbocycles. The molecule has 2 amide bonds. The fourth-order valence-electron chi connectivity index (χ4n) is 6.09. The zero-order chi connectivity index (χ0) is 40.3. The predicted molar refractivity (Wildman–Crippen MR) is 224 cm³/mol. The summed E-state index contributed by atoms with van der Waals surface area (Å²) in [5.41, 5.74) is 17.8. The molecule has 0 aliphatic rings. The molecule has 0 aliphatic heterocycles. The predicted octanol–water partition coefficient (Wildman–Crippen LogP) is 7.74. The van der Waals surface area contributed by atoms with Gasteiger partial charge in [-0.1, -0.05) is 73.7 Å². The Morgan fingerprint density at radius 2 is 0.732 bits per heavy atom. The first kappa shape index (κ1) is 47.6. The van der Waals surface area contributed by atoms with E-state index in [-0.39, 0.29) is 45.8 Å². The van der Waals surface area contributed by atoms with E-state index < -0.39 is 0 Å². The standard InChI is InChI=1S/C40H66N12O4/c41-51-49-33-17-19-35(37(53)31-33)39(55)47-29-15-27-45-25-13-7-5-11-23-43-21-9-3-1-2-4-10-22-44-24-12-6-8-14-26-46-28-16-30-48-40(56)36-20-18-34(50-52-42)32-38(36)54/h17-20,31-32,43-46,53-54H,1-16,21-30H2,(H,47,55)(H,48,56). The summed E-state index contributed by atoms with van der Waals surface area (Å²) >= 11 is 0. The number of amides is 2. The Morgan fingerprint density at radius 3 is 1.02 bits per heavy atom. The average Bonchev–Trinajstić information content (AvgIpc) is 3.18. The van der Waals surface area contributed by atoms with Crippen LogP contribution in [-0.4, -0.2) is 87.5 Å². The van der Waals surface area contributed by atoms with Gasteiger partial charge in [0.05, 0.1) is 11.1 Å². The number of unbranched alkanes of at least 4 members (excludes halogenated alkanes) is 11. The largest absolute Gasteiger partial charge is 0.507 e. The highest BCUT2D eigenvalue weighted by Gasteiger charge is 2.12. The van der Waals surface area contributed by atoms with Crippen molar-refractivity contribution in [2.75, 3.05) is 65.4 Å². The fraction of sp³-hybridized carbons (Fsp3) is 0.650. The van der Waals surface area contributed by atoms with E-state index in [1.54, 1.807) is 0 Å². The molecular weight excluding hydrogens is 713 g/mol. The van der Waals surface area contributed by atoms with Gasteiger partial charge in [0.1, 0.15) is 11.5 Å². The molecule has 0 aromatic heterocycles. The maximum atomic E-state index is 12.2. The molecule has 2 aromatic rings. The van der Waals surface area contributed by atoms with Crippen molar-refractivity contribution >= 4 is 23.2 Å². The zero-order valence-corrected chi connectivity index (χ0v) is 33.2. The quantitative estimate of drug-likeness (QED) is 0.0148. The van der Waals surface area contributed by atoms with Gasteiger partial charge in [0.25, 0.3) is 11.8 Å². The van der Waals surface area contributed by atoms with Crippen molar-refractivity contribution < 1.29 is 19.8 Å². The van der Waals surface area contributed by atoms with Crippen LogP contribution < -0.4 is 31.9 Å². The van der Waals surface area contributed by atoms with Gasteiger partial charge >= 0.3 is 0 Å². The van der Waals surface area contributed by atoms with Crippen molar-refractivity contribution in [3.05, 3.63) is 68.4 Å². The summed E-state index contributed by atoms with van der Waals surface area (Å²) in [5, 5.41) is 46.4. The van der Waals surface area contributed by atoms with Gasteiger partial charge in [0.15, 0.2) is 0 Å². The Balaban J connectivity index is 1.22. The second kappa shape index (κ2) is 32.7. The number of hydrogen-bond donors (Lipinski definition) is 8.